The van der Waals surface area contributed by atoms with Gasteiger partial charge in [0.15, 0.2) is 0 Å². The van der Waals surface area contributed by atoms with Crippen LogP contribution in [-0.4, -0.2) is 37.0 Å². The van der Waals surface area contributed by atoms with Crippen molar-refractivity contribution >= 4 is 29.4 Å². The highest BCUT2D eigenvalue weighted by molar-refractivity contribution is 6.23. The zero-order chi connectivity index (χ0) is 20.1. The second-order valence-corrected chi connectivity index (χ2v) is 5.91. The molecule has 1 aromatic carbocycles. The third-order valence-electron chi connectivity index (χ3n) is 4.05. The highest BCUT2D eigenvalue weighted by atomic mass is 16.5. The van der Waals surface area contributed by atoms with Crippen molar-refractivity contribution in [3.8, 4) is 0 Å². The molecule has 144 valence electrons. The summed E-state index contributed by atoms with van der Waals surface area (Å²) in [6.45, 7) is 5.19. The van der Waals surface area contributed by atoms with Crippen molar-refractivity contribution < 1.29 is 28.7 Å². The number of ether oxygens (including phenoxy) is 2. The normalized spacial score (nSPS) is 17.6. The lowest BCUT2D eigenvalue weighted by Crippen LogP contribution is -2.32. The number of allylic oxidation sites excluding steroid dienone is 1. The number of anilines is 1. The van der Waals surface area contributed by atoms with E-state index in [1.54, 1.807) is 13.8 Å². The summed E-state index contributed by atoms with van der Waals surface area (Å²) in [5, 5.41) is 0. The third kappa shape index (κ3) is 4.16. The van der Waals surface area contributed by atoms with Crippen molar-refractivity contribution in [2.24, 2.45) is 11.7 Å². The molecule has 2 amide bonds. The van der Waals surface area contributed by atoms with Crippen LogP contribution in [0.1, 0.15) is 37.6 Å². The van der Waals surface area contributed by atoms with Gasteiger partial charge in [-0.1, -0.05) is 0 Å². The van der Waals surface area contributed by atoms with E-state index in [1.807, 2.05) is 0 Å². The van der Waals surface area contributed by atoms with E-state index in [0.717, 1.165) is 4.90 Å². The lowest BCUT2D eigenvalue weighted by molar-refractivity contribution is -0.140. The Bertz CT molecular complexity index is 793. The van der Waals surface area contributed by atoms with Crippen LogP contribution in [0.3, 0.4) is 0 Å². The molecule has 0 bridgehead atoms. The summed E-state index contributed by atoms with van der Waals surface area (Å²) in [6.07, 6.45) is -0.179. The number of amides is 2. The fourth-order valence-corrected chi connectivity index (χ4v) is 2.88. The number of hydrogen-bond donors (Lipinski definition) is 1. The molecule has 1 aliphatic heterocycles. The van der Waals surface area contributed by atoms with Crippen molar-refractivity contribution in [1.82, 2.24) is 0 Å². The number of hydrogen-bond acceptors (Lipinski definition) is 7. The Morgan fingerprint density at radius 1 is 1.11 bits per heavy atom. The van der Waals surface area contributed by atoms with Gasteiger partial charge in [-0.2, -0.15) is 0 Å². The predicted octanol–water partition coefficient (Wildman–Crippen LogP) is 1.54. The first-order valence-electron chi connectivity index (χ1n) is 8.59. The zero-order valence-corrected chi connectivity index (χ0v) is 15.5. The van der Waals surface area contributed by atoms with Crippen LogP contribution >= 0.6 is 0 Å². The topological polar surface area (TPSA) is 116 Å². The molecule has 1 heterocycles. The fourth-order valence-electron chi connectivity index (χ4n) is 2.88. The van der Waals surface area contributed by atoms with Crippen molar-refractivity contribution in [3.05, 3.63) is 41.1 Å². The second-order valence-electron chi connectivity index (χ2n) is 5.91. The van der Waals surface area contributed by atoms with E-state index in [-0.39, 0.29) is 30.9 Å². The summed E-state index contributed by atoms with van der Waals surface area (Å²) in [5.41, 5.74) is 6.52. The monoisotopic (exact) mass is 374 g/mol. The average Bonchev–Trinajstić information content (AvgIpc) is 2.89. The third-order valence-corrected chi connectivity index (χ3v) is 4.05. The van der Waals surface area contributed by atoms with E-state index in [2.05, 4.69) is 0 Å². The molecule has 1 atom stereocenters. The number of imide groups is 1. The first-order valence-corrected chi connectivity index (χ1v) is 8.59. The minimum atomic E-state index is -0.994. The quantitative estimate of drug-likeness (QED) is 0.456. The molecule has 1 fully saturated rings. The van der Waals surface area contributed by atoms with Crippen LogP contribution < -0.4 is 10.6 Å². The van der Waals surface area contributed by atoms with Crippen LogP contribution in [0.5, 0.6) is 0 Å². The largest absolute Gasteiger partial charge is 0.463 e. The summed E-state index contributed by atoms with van der Waals surface area (Å²) in [6, 6.07) is 5.90. The van der Waals surface area contributed by atoms with Gasteiger partial charge in [-0.05, 0) is 45.0 Å². The molecule has 0 aliphatic carbocycles. The molecule has 0 spiro atoms. The molecule has 8 nitrogen and oxygen atoms in total. The van der Waals surface area contributed by atoms with Crippen LogP contribution in [0, 0.1) is 5.92 Å². The van der Waals surface area contributed by atoms with Gasteiger partial charge in [0.25, 0.3) is 0 Å². The maximum absolute atomic E-state index is 12.8. The lowest BCUT2D eigenvalue weighted by atomic mass is 9.95. The van der Waals surface area contributed by atoms with Crippen LogP contribution in [0.15, 0.2) is 35.5 Å². The Kier molecular flexibility index (Phi) is 6.33. The van der Waals surface area contributed by atoms with Gasteiger partial charge in [0.05, 0.1) is 36.0 Å². The first-order chi connectivity index (χ1) is 12.8. The van der Waals surface area contributed by atoms with Crippen LogP contribution in [0.4, 0.5) is 5.69 Å². The van der Waals surface area contributed by atoms with E-state index in [4.69, 9.17) is 15.2 Å². The van der Waals surface area contributed by atoms with Crippen molar-refractivity contribution in [2.45, 2.75) is 27.2 Å². The SMILES string of the molecule is CCOC(=O)/C(=C(/C)N)[C@H]1CC(=O)N(c2ccc(C(=O)OCC)cc2)C1=O. The Balaban J connectivity index is 2.29. The molecule has 1 saturated heterocycles. The number of carbonyl (C=O) groups is 4. The Morgan fingerprint density at radius 3 is 2.22 bits per heavy atom. The Labute approximate surface area is 156 Å². The van der Waals surface area contributed by atoms with Gasteiger partial charge >= 0.3 is 11.9 Å². The van der Waals surface area contributed by atoms with Gasteiger partial charge in [-0.3, -0.25) is 14.5 Å². The summed E-state index contributed by atoms with van der Waals surface area (Å²) in [5.74, 6) is -3.21. The van der Waals surface area contributed by atoms with Gasteiger partial charge in [-0.15, -0.1) is 0 Å². The molecule has 1 aromatic rings. The van der Waals surface area contributed by atoms with Crippen molar-refractivity contribution in [1.29, 1.82) is 0 Å². The summed E-state index contributed by atoms with van der Waals surface area (Å²) in [7, 11) is 0. The van der Waals surface area contributed by atoms with Gasteiger partial charge in [0, 0.05) is 12.1 Å². The molecule has 2 N–H and O–H groups in total. The minimum Gasteiger partial charge on any atom is -0.463 e. The Morgan fingerprint density at radius 2 is 1.70 bits per heavy atom. The smallest absolute Gasteiger partial charge is 0.338 e. The molecule has 0 aromatic heterocycles. The molecule has 0 saturated carbocycles. The molecular formula is C19H22N2O6. The lowest BCUT2D eigenvalue weighted by Gasteiger charge is -2.17. The molecular weight excluding hydrogens is 352 g/mol. The van der Waals surface area contributed by atoms with Gasteiger partial charge in [0.1, 0.15) is 0 Å². The number of carbonyl (C=O) groups excluding carboxylic acids is 4. The molecule has 8 heteroatoms. The van der Waals surface area contributed by atoms with E-state index >= 15 is 0 Å². The van der Waals surface area contributed by atoms with Gasteiger partial charge in [-0.25, -0.2) is 9.59 Å². The van der Waals surface area contributed by atoms with E-state index < -0.39 is 29.7 Å². The minimum absolute atomic E-state index is 0.000781. The van der Waals surface area contributed by atoms with Crippen molar-refractivity contribution in [2.75, 3.05) is 18.1 Å². The number of nitrogens with two attached hydrogens (primary N) is 1. The zero-order valence-electron chi connectivity index (χ0n) is 15.5. The molecule has 27 heavy (non-hydrogen) atoms. The summed E-state index contributed by atoms with van der Waals surface area (Å²) in [4.78, 5) is 50.1. The number of benzene rings is 1. The standard InChI is InChI=1S/C19H22N2O6/c1-4-26-18(24)12-6-8-13(9-7-12)21-15(22)10-14(17(21)23)16(11(3)20)19(25)27-5-2/h6-9,14H,4-5,10,20H2,1-3H3/b16-11-/t14-/m1/s1. The summed E-state index contributed by atoms with van der Waals surface area (Å²) >= 11 is 0. The van der Waals surface area contributed by atoms with Gasteiger partial charge < -0.3 is 15.2 Å². The van der Waals surface area contributed by atoms with Gasteiger partial charge in [0.2, 0.25) is 11.8 Å². The van der Waals surface area contributed by atoms with Crippen molar-refractivity contribution in [3.63, 3.8) is 0 Å². The number of esters is 2. The van der Waals surface area contributed by atoms with Crippen LogP contribution in [-0.2, 0) is 23.9 Å². The van der Waals surface area contributed by atoms with E-state index in [1.165, 1.54) is 31.2 Å². The molecule has 2 rings (SSSR count). The van der Waals surface area contributed by atoms with E-state index in [0.29, 0.717) is 11.3 Å². The summed E-state index contributed by atoms with van der Waals surface area (Å²) < 4.78 is 9.86. The molecule has 1 aliphatic rings. The first kappa shape index (κ1) is 20.2. The average molecular weight is 374 g/mol. The predicted molar refractivity (Wildman–Crippen MR) is 96.5 cm³/mol. The van der Waals surface area contributed by atoms with Crippen LogP contribution in [0.2, 0.25) is 0 Å². The van der Waals surface area contributed by atoms with Crippen LogP contribution in [0.25, 0.3) is 0 Å². The highest BCUT2D eigenvalue weighted by Gasteiger charge is 2.44. The second kappa shape index (κ2) is 8.48. The number of rotatable bonds is 6. The molecule has 0 radical (unpaired) electrons. The fraction of sp³-hybridized carbons (Fsp3) is 0.368. The highest BCUT2D eigenvalue weighted by Crippen LogP contribution is 2.32. The maximum Gasteiger partial charge on any atom is 0.338 e. The molecule has 0 unspecified atom stereocenters. The number of nitrogens with zero attached hydrogens (tertiary/aromatic N) is 1. The van der Waals surface area contributed by atoms with E-state index in [9.17, 15) is 19.2 Å². The maximum atomic E-state index is 12.8. The Hall–Kier alpha value is -3.16.